The third kappa shape index (κ3) is 2.46. The van der Waals surface area contributed by atoms with Gasteiger partial charge in [0.25, 0.3) is 0 Å². The molecule has 0 aliphatic carbocycles. The Hall–Kier alpha value is -1.01. The summed E-state index contributed by atoms with van der Waals surface area (Å²) in [5.74, 6) is 2.63. The van der Waals surface area contributed by atoms with Crippen LogP contribution in [0.25, 0.3) is 0 Å². The van der Waals surface area contributed by atoms with Crippen molar-refractivity contribution in [3.05, 3.63) is 22.9 Å². The van der Waals surface area contributed by atoms with Crippen molar-refractivity contribution in [1.82, 2.24) is 4.98 Å². The summed E-state index contributed by atoms with van der Waals surface area (Å²) in [7, 11) is 0. The van der Waals surface area contributed by atoms with Crippen LogP contribution in [0.1, 0.15) is 6.92 Å². The molecule has 0 saturated carbocycles. The highest BCUT2D eigenvalue weighted by Crippen LogP contribution is 2.23. The summed E-state index contributed by atoms with van der Waals surface area (Å²) in [4.78, 5) is 6.10. The molecular weight excluding hydrogens is 228 g/mol. The van der Waals surface area contributed by atoms with Gasteiger partial charge in [0.05, 0.1) is 16.7 Å². The highest BCUT2D eigenvalue weighted by Gasteiger charge is 2.05. The molecule has 0 aromatic carbocycles. The van der Waals surface area contributed by atoms with Gasteiger partial charge in [0.2, 0.25) is 0 Å². The van der Waals surface area contributed by atoms with E-state index in [4.69, 9.17) is 6.42 Å². The summed E-state index contributed by atoms with van der Waals surface area (Å²) in [6, 6.07) is 1.95. The Morgan fingerprint density at radius 3 is 3.00 bits per heavy atom. The zero-order chi connectivity index (χ0) is 9.68. The molecule has 0 radical (unpaired) electrons. The average molecular weight is 239 g/mol. The van der Waals surface area contributed by atoms with Crippen LogP contribution in [-0.4, -0.2) is 18.1 Å². The van der Waals surface area contributed by atoms with Crippen LogP contribution in [-0.2, 0) is 0 Å². The smallest absolute Gasteiger partial charge is 0.0792 e. The zero-order valence-electron chi connectivity index (χ0n) is 7.50. The van der Waals surface area contributed by atoms with Crippen molar-refractivity contribution in [2.24, 2.45) is 0 Å². The van der Waals surface area contributed by atoms with Gasteiger partial charge >= 0.3 is 0 Å². The highest BCUT2D eigenvalue weighted by atomic mass is 79.9. The summed E-state index contributed by atoms with van der Waals surface area (Å²) < 4.78 is 0.979. The lowest BCUT2D eigenvalue weighted by Gasteiger charge is -2.21. The molecule has 0 aliphatic heterocycles. The molecule has 0 fully saturated rings. The average Bonchev–Trinajstić information content (AvgIpc) is 2.16. The van der Waals surface area contributed by atoms with Crippen molar-refractivity contribution < 1.29 is 0 Å². The van der Waals surface area contributed by atoms with Crippen LogP contribution in [0.2, 0.25) is 0 Å². The molecular formula is C10H11BrN2. The van der Waals surface area contributed by atoms with Crippen LogP contribution in [0.4, 0.5) is 5.69 Å². The molecule has 3 heteroatoms. The molecule has 1 aromatic heterocycles. The molecule has 0 bridgehead atoms. The summed E-state index contributed by atoms with van der Waals surface area (Å²) in [6.07, 6.45) is 8.81. The monoisotopic (exact) mass is 238 g/mol. The molecule has 0 atom stereocenters. The first kappa shape index (κ1) is 10.1. The van der Waals surface area contributed by atoms with Crippen molar-refractivity contribution in [2.45, 2.75) is 6.92 Å². The Kier molecular flexibility index (Phi) is 3.78. The van der Waals surface area contributed by atoms with Crippen LogP contribution >= 0.6 is 15.9 Å². The van der Waals surface area contributed by atoms with E-state index in [1.54, 1.807) is 12.4 Å². The van der Waals surface area contributed by atoms with Crippen molar-refractivity contribution in [2.75, 3.05) is 18.0 Å². The maximum atomic E-state index is 5.27. The molecule has 68 valence electrons. The number of anilines is 1. The number of aromatic nitrogens is 1. The standard InChI is InChI=1S/C10H11BrN2/c1-3-7-13(4-2)10-5-6-12-8-9(10)11/h1,5-6,8H,4,7H2,2H3. The minimum atomic E-state index is 0.624. The second-order valence-electron chi connectivity index (χ2n) is 2.55. The van der Waals surface area contributed by atoms with Gasteiger partial charge in [0, 0.05) is 18.9 Å². The Morgan fingerprint density at radius 1 is 1.69 bits per heavy atom. The van der Waals surface area contributed by atoms with Crippen LogP contribution in [0.15, 0.2) is 22.9 Å². The van der Waals surface area contributed by atoms with Gasteiger partial charge in [-0.05, 0) is 28.9 Å². The van der Waals surface area contributed by atoms with Crippen molar-refractivity contribution >= 4 is 21.6 Å². The lowest BCUT2D eigenvalue weighted by atomic mass is 10.3. The van der Waals surface area contributed by atoms with Crippen LogP contribution in [0, 0.1) is 12.3 Å². The maximum absolute atomic E-state index is 5.27. The van der Waals surface area contributed by atoms with E-state index in [2.05, 4.69) is 38.7 Å². The first-order valence-electron chi connectivity index (χ1n) is 4.07. The van der Waals surface area contributed by atoms with Crippen LogP contribution < -0.4 is 4.90 Å². The second kappa shape index (κ2) is 4.88. The number of hydrogen-bond donors (Lipinski definition) is 0. The van der Waals surface area contributed by atoms with Crippen molar-refractivity contribution in [3.8, 4) is 12.3 Å². The number of nitrogens with zero attached hydrogens (tertiary/aromatic N) is 2. The molecule has 1 aromatic rings. The first-order valence-corrected chi connectivity index (χ1v) is 4.86. The fraction of sp³-hybridized carbons (Fsp3) is 0.300. The first-order chi connectivity index (χ1) is 6.29. The normalized spacial score (nSPS) is 9.31. The van der Waals surface area contributed by atoms with Gasteiger partial charge in [0.1, 0.15) is 0 Å². The van der Waals surface area contributed by atoms with Gasteiger partial charge in [0.15, 0.2) is 0 Å². The van der Waals surface area contributed by atoms with Gasteiger partial charge in [-0.2, -0.15) is 0 Å². The predicted octanol–water partition coefficient (Wildman–Crippen LogP) is 2.30. The minimum Gasteiger partial charge on any atom is -0.360 e. The number of hydrogen-bond acceptors (Lipinski definition) is 2. The SMILES string of the molecule is C#CCN(CC)c1ccncc1Br. The fourth-order valence-electron chi connectivity index (χ4n) is 1.10. The molecule has 2 nitrogen and oxygen atoms in total. The number of rotatable bonds is 3. The minimum absolute atomic E-state index is 0.624. The number of halogens is 1. The van der Waals surface area contributed by atoms with Crippen molar-refractivity contribution in [1.29, 1.82) is 0 Å². The molecule has 1 rings (SSSR count). The third-order valence-corrected chi connectivity index (χ3v) is 2.37. The van der Waals surface area contributed by atoms with E-state index in [0.29, 0.717) is 6.54 Å². The predicted molar refractivity (Wildman–Crippen MR) is 58.7 cm³/mol. The second-order valence-corrected chi connectivity index (χ2v) is 3.40. The van der Waals surface area contributed by atoms with Crippen LogP contribution in [0.3, 0.4) is 0 Å². The Bertz CT molecular complexity index is 317. The number of terminal acetylenes is 1. The molecule has 13 heavy (non-hydrogen) atoms. The fourth-order valence-corrected chi connectivity index (χ4v) is 1.60. The molecule has 0 N–H and O–H groups in total. The molecule has 0 unspecified atom stereocenters. The summed E-state index contributed by atoms with van der Waals surface area (Å²) in [5, 5.41) is 0. The third-order valence-electron chi connectivity index (χ3n) is 1.76. The maximum Gasteiger partial charge on any atom is 0.0792 e. The van der Waals surface area contributed by atoms with E-state index in [1.807, 2.05) is 6.07 Å². The van der Waals surface area contributed by atoms with Gasteiger partial charge < -0.3 is 4.90 Å². The Balaban J connectivity index is 2.92. The lowest BCUT2D eigenvalue weighted by molar-refractivity contribution is 0.912. The molecule has 0 saturated heterocycles. The van der Waals surface area contributed by atoms with Crippen molar-refractivity contribution in [3.63, 3.8) is 0 Å². The van der Waals surface area contributed by atoms with Gasteiger partial charge in [-0.3, -0.25) is 4.98 Å². The van der Waals surface area contributed by atoms with E-state index in [0.717, 1.165) is 16.7 Å². The lowest BCUT2D eigenvalue weighted by Crippen LogP contribution is -2.23. The van der Waals surface area contributed by atoms with Gasteiger partial charge in [-0.1, -0.05) is 5.92 Å². The van der Waals surface area contributed by atoms with Gasteiger partial charge in [-0.15, -0.1) is 6.42 Å². The van der Waals surface area contributed by atoms with E-state index in [9.17, 15) is 0 Å². The number of pyridine rings is 1. The van der Waals surface area contributed by atoms with Gasteiger partial charge in [-0.25, -0.2) is 0 Å². The molecule has 0 spiro atoms. The van der Waals surface area contributed by atoms with E-state index < -0.39 is 0 Å². The Morgan fingerprint density at radius 2 is 2.46 bits per heavy atom. The topological polar surface area (TPSA) is 16.1 Å². The zero-order valence-corrected chi connectivity index (χ0v) is 9.08. The Labute approximate surface area is 87.1 Å². The van der Waals surface area contributed by atoms with E-state index in [1.165, 1.54) is 0 Å². The summed E-state index contributed by atoms with van der Waals surface area (Å²) in [5.41, 5.74) is 1.09. The largest absolute Gasteiger partial charge is 0.360 e. The quantitative estimate of drug-likeness (QED) is 0.752. The van der Waals surface area contributed by atoms with E-state index >= 15 is 0 Å². The molecule has 1 heterocycles. The molecule has 0 amide bonds. The summed E-state index contributed by atoms with van der Waals surface area (Å²) in [6.45, 7) is 3.59. The summed E-state index contributed by atoms with van der Waals surface area (Å²) >= 11 is 3.43. The molecule has 0 aliphatic rings. The van der Waals surface area contributed by atoms with Crippen LogP contribution in [0.5, 0.6) is 0 Å². The highest BCUT2D eigenvalue weighted by molar-refractivity contribution is 9.10. The van der Waals surface area contributed by atoms with E-state index in [-0.39, 0.29) is 0 Å².